The number of aliphatic imine (C=N–C) groups is 1. The highest BCUT2D eigenvalue weighted by molar-refractivity contribution is 5.79. The highest BCUT2D eigenvalue weighted by Gasteiger charge is 2.02. The first-order valence-corrected chi connectivity index (χ1v) is 4.27. The molecule has 66 valence electrons. The van der Waals surface area contributed by atoms with Gasteiger partial charge in [-0.05, 0) is 20.8 Å². The molecule has 0 aliphatic rings. The molecule has 0 fully saturated rings. The van der Waals surface area contributed by atoms with E-state index in [-0.39, 0.29) is 0 Å². The summed E-state index contributed by atoms with van der Waals surface area (Å²) in [7, 11) is 1.91. The van der Waals surface area contributed by atoms with Gasteiger partial charge < -0.3 is 10.2 Å². The van der Waals surface area contributed by atoms with E-state index in [9.17, 15) is 0 Å². The van der Waals surface area contributed by atoms with Crippen molar-refractivity contribution in [1.29, 1.82) is 0 Å². The first-order valence-electron chi connectivity index (χ1n) is 4.27. The van der Waals surface area contributed by atoms with E-state index in [0.29, 0.717) is 0 Å². The molecule has 0 spiro atoms. The molecule has 0 bridgehead atoms. The van der Waals surface area contributed by atoms with Crippen molar-refractivity contribution in [1.82, 2.24) is 10.2 Å². The van der Waals surface area contributed by atoms with Crippen LogP contribution in [0, 0.1) is 0 Å². The van der Waals surface area contributed by atoms with E-state index in [4.69, 9.17) is 0 Å². The fourth-order valence-electron chi connectivity index (χ4n) is 1.01. The van der Waals surface area contributed by atoms with Gasteiger partial charge in [-0.15, -0.1) is 0 Å². The summed E-state index contributed by atoms with van der Waals surface area (Å²) in [5, 5.41) is 3.08. The Bertz CT molecular complexity index is 117. The van der Waals surface area contributed by atoms with Gasteiger partial charge in [0.05, 0.1) is 0 Å². The molecule has 0 saturated heterocycles. The maximum Gasteiger partial charge on any atom is 0.193 e. The Labute approximate surface area is 69.5 Å². The largest absolute Gasteiger partial charge is 0.359 e. The number of rotatable bonds is 3. The average Bonchev–Trinajstić information content (AvgIpc) is 2.05. The molecule has 0 unspecified atom stereocenters. The molecule has 0 aromatic carbocycles. The van der Waals surface area contributed by atoms with Gasteiger partial charge in [-0.25, -0.2) is 0 Å². The summed E-state index contributed by atoms with van der Waals surface area (Å²) >= 11 is 0. The minimum Gasteiger partial charge on any atom is -0.359 e. The summed E-state index contributed by atoms with van der Waals surface area (Å²) in [6.45, 7) is 9.16. The van der Waals surface area contributed by atoms with Gasteiger partial charge in [0.2, 0.25) is 0 Å². The van der Waals surface area contributed by atoms with Crippen LogP contribution in [0.15, 0.2) is 4.99 Å². The van der Waals surface area contributed by atoms with Gasteiger partial charge >= 0.3 is 0 Å². The minimum atomic E-state index is 0.840. The summed E-state index contributed by atoms with van der Waals surface area (Å²) in [5.41, 5.74) is 0. The van der Waals surface area contributed by atoms with E-state index in [1.807, 2.05) is 14.0 Å². The lowest BCUT2D eigenvalue weighted by Crippen LogP contribution is -2.39. The fraction of sp³-hybridized carbons (Fsp3) is 0.875. The summed E-state index contributed by atoms with van der Waals surface area (Å²) in [5.74, 6) is 0.998. The number of nitrogens with one attached hydrogen (secondary N) is 1. The standard InChI is InChI=1S/C8H19N3/c1-5-10-8(9-4)11(6-2)7-3/h5-7H2,1-4H3,(H,9,10). The van der Waals surface area contributed by atoms with Crippen LogP contribution in [0.5, 0.6) is 0 Å². The average molecular weight is 157 g/mol. The van der Waals surface area contributed by atoms with Gasteiger partial charge in [-0.1, -0.05) is 0 Å². The minimum absolute atomic E-state index is 0.840. The summed E-state index contributed by atoms with van der Waals surface area (Å²) in [6, 6.07) is 0. The zero-order chi connectivity index (χ0) is 8.69. The van der Waals surface area contributed by atoms with Crippen molar-refractivity contribution in [3.8, 4) is 0 Å². The fourth-order valence-corrected chi connectivity index (χ4v) is 1.01. The Morgan fingerprint density at radius 3 is 2.09 bits per heavy atom. The molecule has 0 radical (unpaired) electrons. The van der Waals surface area contributed by atoms with Crippen LogP contribution in [0.25, 0.3) is 0 Å². The van der Waals surface area contributed by atoms with Crippen LogP contribution in [0.3, 0.4) is 0 Å². The molecule has 0 aliphatic heterocycles. The Kier molecular flexibility index (Phi) is 5.61. The molecule has 11 heavy (non-hydrogen) atoms. The maximum atomic E-state index is 4.32. The molecule has 0 rings (SSSR count). The molecule has 0 atom stereocenters. The number of hydrogen-bond acceptors (Lipinski definition) is 1. The van der Waals surface area contributed by atoms with Gasteiger partial charge in [-0.3, -0.25) is 4.99 Å². The zero-order valence-electron chi connectivity index (χ0n) is 8.02. The molecule has 0 amide bonds. The maximum absolute atomic E-state index is 4.32. The Morgan fingerprint density at radius 1 is 1.27 bits per heavy atom. The molecule has 0 aromatic heterocycles. The molecule has 0 aromatic rings. The number of nitrogens with zero attached hydrogens (tertiary/aromatic N) is 2. The lowest BCUT2D eigenvalue weighted by atomic mass is 10.5. The van der Waals surface area contributed by atoms with Crippen molar-refractivity contribution in [3.05, 3.63) is 0 Å². The number of guanidine groups is 1. The van der Waals surface area contributed by atoms with Crippen molar-refractivity contribution in [2.75, 3.05) is 26.7 Å². The lowest BCUT2D eigenvalue weighted by Gasteiger charge is -2.22. The third-order valence-corrected chi connectivity index (χ3v) is 1.59. The topological polar surface area (TPSA) is 27.6 Å². The van der Waals surface area contributed by atoms with Crippen LogP contribution in [0.1, 0.15) is 20.8 Å². The second-order valence-electron chi connectivity index (χ2n) is 2.22. The second-order valence-corrected chi connectivity index (χ2v) is 2.22. The highest BCUT2D eigenvalue weighted by Crippen LogP contribution is 1.88. The van der Waals surface area contributed by atoms with Gasteiger partial charge in [-0.2, -0.15) is 0 Å². The van der Waals surface area contributed by atoms with Crippen molar-refractivity contribution in [3.63, 3.8) is 0 Å². The zero-order valence-corrected chi connectivity index (χ0v) is 8.02. The Hall–Kier alpha value is -0.730. The van der Waals surface area contributed by atoms with Crippen molar-refractivity contribution < 1.29 is 0 Å². The van der Waals surface area contributed by atoms with Gasteiger partial charge in [0.15, 0.2) is 5.96 Å². The summed E-state index contributed by atoms with van der Waals surface area (Å²) in [6.07, 6.45) is 0. The normalized spacial score (nSPS) is 11.5. The van der Waals surface area contributed by atoms with E-state index < -0.39 is 0 Å². The highest BCUT2D eigenvalue weighted by atomic mass is 15.3. The van der Waals surface area contributed by atoms with Gasteiger partial charge in [0.25, 0.3) is 0 Å². The van der Waals surface area contributed by atoms with E-state index in [1.54, 1.807) is 0 Å². The van der Waals surface area contributed by atoms with Gasteiger partial charge in [0.1, 0.15) is 0 Å². The molecule has 0 heterocycles. The van der Waals surface area contributed by atoms with E-state index >= 15 is 0 Å². The first kappa shape index (κ1) is 10.3. The molecular weight excluding hydrogens is 138 g/mol. The molecule has 3 nitrogen and oxygen atoms in total. The monoisotopic (exact) mass is 157 g/mol. The Balaban J connectivity index is 4.09. The van der Waals surface area contributed by atoms with E-state index in [1.165, 1.54) is 0 Å². The molecule has 0 saturated carbocycles. The van der Waals surface area contributed by atoms with Crippen LogP contribution in [0.4, 0.5) is 0 Å². The summed E-state index contributed by atoms with van der Waals surface area (Å²) in [4.78, 5) is 6.51. The van der Waals surface area contributed by atoms with Crippen LogP contribution in [-0.4, -0.2) is 37.5 Å². The quantitative estimate of drug-likeness (QED) is 0.487. The van der Waals surface area contributed by atoms with Crippen LogP contribution < -0.4 is 5.32 Å². The van der Waals surface area contributed by atoms with Crippen LogP contribution in [0.2, 0.25) is 0 Å². The van der Waals surface area contributed by atoms with Crippen molar-refractivity contribution >= 4 is 5.96 Å². The molecular formula is C8H19N3. The molecule has 1 N–H and O–H groups in total. The molecule has 0 aliphatic carbocycles. The van der Waals surface area contributed by atoms with E-state index in [0.717, 1.165) is 25.6 Å². The third-order valence-electron chi connectivity index (χ3n) is 1.59. The van der Waals surface area contributed by atoms with Crippen LogP contribution >= 0.6 is 0 Å². The number of hydrogen-bond donors (Lipinski definition) is 1. The molecule has 3 heteroatoms. The second kappa shape index (κ2) is 6.01. The van der Waals surface area contributed by atoms with E-state index in [2.05, 4.69) is 29.1 Å². The third kappa shape index (κ3) is 3.25. The SMILES string of the molecule is CCN=C(NC)N(CC)CC. The predicted octanol–water partition coefficient (Wildman–Crippen LogP) is 0.923. The first-order chi connectivity index (χ1) is 5.29. The van der Waals surface area contributed by atoms with Gasteiger partial charge in [0, 0.05) is 26.7 Å². The predicted molar refractivity (Wildman–Crippen MR) is 50.0 cm³/mol. The summed E-state index contributed by atoms with van der Waals surface area (Å²) < 4.78 is 0. The van der Waals surface area contributed by atoms with Crippen molar-refractivity contribution in [2.24, 2.45) is 4.99 Å². The Morgan fingerprint density at radius 2 is 1.82 bits per heavy atom. The lowest BCUT2D eigenvalue weighted by molar-refractivity contribution is 0.449. The van der Waals surface area contributed by atoms with Crippen molar-refractivity contribution in [2.45, 2.75) is 20.8 Å². The smallest absolute Gasteiger partial charge is 0.193 e. The van der Waals surface area contributed by atoms with Crippen LogP contribution in [-0.2, 0) is 0 Å².